The van der Waals surface area contributed by atoms with Crippen LogP contribution in [0.2, 0.25) is 0 Å². The number of aromatic nitrogens is 6. The quantitative estimate of drug-likeness (QED) is 0.100. The Balaban J connectivity index is 1.07. The van der Waals surface area contributed by atoms with E-state index in [4.69, 9.17) is 14.2 Å². The van der Waals surface area contributed by atoms with E-state index in [2.05, 4.69) is 67.9 Å². The molecule has 45 heavy (non-hydrogen) atoms. The van der Waals surface area contributed by atoms with Crippen molar-refractivity contribution >= 4 is 70.5 Å². The summed E-state index contributed by atoms with van der Waals surface area (Å²) in [5.41, 5.74) is 2.86. The van der Waals surface area contributed by atoms with Crippen molar-refractivity contribution < 1.29 is 14.2 Å². The van der Waals surface area contributed by atoms with Crippen LogP contribution in [-0.2, 0) is 34.4 Å². The van der Waals surface area contributed by atoms with Crippen molar-refractivity contribution in [3.8, 4) is 0 Å². The lowest BCUT2D eigenvalue weighted by Gasteiger charge is -2.19. The number of hydrogen-bond donors (Lipinski definition) is 0. The first-order chi connectivity index (χ1) is 22.3. The lowest BCUT2D eigenvalue weighted by molar-refractivity contribution is -0.104. The highest BCUT2D eigenvalue weighted by Crippen LogP contribution is 2.16. The molecular formula is C33H32N6O3S3. The van der Waals surface area contributed by atoms with Crippen LogP contribution in [-0.4, -0.2) is 48.7 Å². The predicted octanol–water partition coefficient (Wildman–Crippen LogP) is 7.66. The van der Waals surface area contributed by atoms with Crippen LogP contribution in [0.1, 0.15) is 31.7 Å². The van der Waals surface area contributed by atoms with Crippen molar-refractivity contribution in [2.45, 2.75) is 26.3 Å². The highest BCUT2D eigenvalue weighted by atomic mass is 32.1. The zero-order valence-corrected chi connectivity index (χ0v) is 26.8. The molecule has 0 spiro atoms. The maximum absolute atomic E-state index is 6.29. The first-order valence-electron chi connectivity index (χ1n) is 14.3. The van der Waals surface area contributed by atoms with Crippen LogP contribution in [0.15, 0.2) is 89.3 Å². The van der Waals surface area contributed by atoms with Gasteiger partial charge in [0.25, 0.3) is 0 Å². The van der Waals surface area contributed by atoms with E-state index in [0.29, 0.717) is 13.2 Å². The summed E-state index contributed by atoms with van der Waals surface area (Å²) >= 11 is 5.07. The van der Waals surface area contributed by atoms with Crippen LogP contribution in [0.5, 0.6) is 0 Å². The summed E-state index contributed by atoms with van der Waals surface area (Å²) in [6.45, 7) is 1.43. The lowest BCUT2D eigenvalue weighted by Crippen LogP contribution is -2.28. The molecule has 6 aromatic heterocycles. The van der Waals surface area contributed by atoms with E-state index < -0.39 is 0 Å². The van der Waals surface area contributed by atoms with Gasteiger partial charge in [0.2, 0.25) is 0 Å². The van der Waals surface area contributed by atoms with Crippen molar-refractivity contribution in [2.24, 2.45) is 0 Å². The summed E-state index contributed by atoms with van der Waals surface area (Å²) < 4.78 is 23.9. The maximum Gasteiger partial charge on any atom is 0.140 e. The minimum Gasteiger partial charge on any atom is -0.356 e. The number of nitrogens with zero attached hydrogens (tertiary/aromatic N) is 6. The fourth-order valence-corrected chi connectivity index (χ4v) is 6.15. The van der Waals surface area contributed by atoms with Gasteiger partial charge in [-0.15, -0.1) is 34.0 Å². The monoisotopic (exact) mass is 656 g/mol. The van der Waals surface area contributed by atoms with Crippen molar-refractivity contribution in [3.05, 3.63) is 121 Å². The van der Waals surface area contributed by atoms with Gasteiger partial charge in [0.1, 0.15) is 26.3 Å². The molecular weight excluding hydrogens is 625 g/mol. The van der Waals surface area contributed by atoms with Gasteiger partial charge in [0, 0.05) is 33.2 Å². The number of ether oxygens (including phenoxy) is 3. The Morgan fingerprint density at radius 3 is 1.31 bits per heavy atom. The minimum atomic E-state index is -0.357. The Hall–Kier alpha value is -4.17. The third-order valence-electron chi connectivity index (χ3n) is 6.60. The molecule has 6 rings (SSSR count). The third-order valence-corrected chi connectivity index (χ3v) is 9.11. The lowest BCUT2D eigenvalue weighted by atomic mass is 10.3. The van der Waals surface area contributed by atoms with Gasteiger partial charge in [-0.3, -0.25) is 0 Å². The van der Waals surface area contributed by atoms with Gasteiger partial charge in [-0.25, -0.2) is 14.0 Å². The summed E-state index contributed by atoms with van der Waals surface area (Å²) in [5, 5.41) is 19.5. The molecule has 0 saturated heterocycles. The molecule has 9 nitrogen and oxygen atoms in total. The van der Waals surface area contributed by atoms with Crippen LogP contribution in [0.4, 0.5) is 0 Å². The molecule has 0 bridgehead atoms. The largest absolute Gasteiger partial charge is 0.356 e. The van der Waals surface area contributed by atoms with Gasteiger partial charge in [-0.1, -0.05) is 18.2 Å². The first-order valence-corrected chi connectivity index (χ1v) is 16.9. The molecule has 0 fully saturated rings. The average molecular weight is 657 g/mol. The van der Waals surface area contributed by atoms with E-state index >= 15 is 0 Å². The fraction of sp³-hybridized carbons (Fsp3) is 0.182. The van der Waals surface area contributed by atoms with Gasteiger partial charge in [0.15, 0.2) is 0 Å². The standard InChI is InChI=1S/C33H32N6O3S3/c1-4-31(43-19-1)10-7-27-13-16-34-37(27)24-40-22-30(42-26-39-29(15-18-36-39)9-12-33-6-3-21-45-33)23-41-25-38-28(14-17-35-38)8-11-32-5-2-20-44-32/h1-21,30H,22-26H2/b10-7+,11-8+,12-9+. The second kappa shape index (κ2) is 16.2. The maximum atomic E-state index is 6.29. The zero-order chi connectivity index (χ0) is 30.5. The van der Waals surface area contributed by atoms with Gasteiger partial charge < -0.3 is 14.2 Å². The zero-order valence-electron chi connectivity index (χ0n) is 24.4. The van der Waals surface area contributed by atoms with Crippen molar-refractivity contribution in [1.29, 1.82) is 0 Å². The number of rotatable bonds is 17. The van der Waals surface area contributed by atoms with Crippen LogP contribution in [0.3, 0.4) is 0 Å². The third kappa shape index (κ3) is 9.17. The molecule has 6 heterocycles. The molecule has 0 aliphatic carbocycles. The van der Waals surface area contributed by atoms with Gasteiger partial charge in [-0.05, 0) is 89.0 Å². The molecule has 12 heteroatoms. The summed E-state index contributed by atoms with van der Waals surface area (Å²) in [6.07, 6.45) is 17.3. The Bertz CT molecular complexity index is 1690. The Kier molecular flexibility index (Phi) is 11.1. The molecule has 0 atom stereocenters. The highest BCUT2D eigenvalue weighted by Gasteiger charge is 2.13. The van der Waals surface area contributed by atoms with Crippen molar-refractivity contribution in [2.75, 3.05) is 13.2 Å². The second-order valence-electron chi connectivity index (χ2n) is 9.73. The van der Waals surface area contributed by atoms with Gasteiger partial charge in [0.05, 0.1) is 30.3 Å². The molecule has 0 radical (unpaired) electrons. The number of hydrogen-bond acceptors (Lipinski definition) is 9. The number of thiophene rings is 3. The van der Waals surface area contributed by atoms with Gasteiger partial charge in [-0.2, -0.15) is 15.3 Å². The Labute approximate surface area is 273 Å². The molecule has 0 N–H and O–H groups in total. The summed E-state index contributed by atoms with van der Waals surface area (Å²) in [5.74, 6) is 0. The molecule has 0 unspecified atom stereocenters. The molecule has 230 valence electrons. The summed E-state index contributed by atoms with van der Waals surface area (Å²) in [7, 11) is 0. The first kappa shape index (κ1) is 30.8. The van der Waals surface area contributed by atoms with E-state index in [9.17, 15) is 0 Å². The second-order valence-corrected chi connectivity index (χ2v) is 12.7. The molecule has 0 saturated carbocycles. The average Bonchev–Trinajstić information content (AvgIpc) is 3.89. The van der Waals surface area contributed by atoms with Crippen molar-refractivity contribution in [3.63, 3.8) is 0 Å². The molecule has 0 aliphatic heterocycles. The Morgan fingerprint density at radius 1 is 0.533 bits per heavy atom. The van der Waals surface area contributed by atoms with Crippen LogP contribution < -0.4 is 0 Å². The van der Waals surface area contributed by atoms with E-state index in [-0.39, 0.29) is 26.3 Å². The van der Waals surface area contributed by atoms with Crippen LogP contribution >= 0.6 is 34.0 Å². The van der Waals surface area contributed by atoms with Crippen molar-refractivity contribution in [1.82, 2.24) is 29.3 Å². The Morgan fingerprint density at radius 2 is 0.933 bits per heavy atom. The normalized spacial score (nSPS) is 12.2. The van der Waals surface area contributed by atoms with Crippen LogP contribution in [0.25, 0.3) is 36.5 Å². The minimum absolute atomic E-state index is 0.252. The van der Waals surface area contributed by atoms with Crippen LogP contribution in [0, 0.1) is 0 Å². The predicted molar refractivity (Wildman–Crippen MR) is 183 cm³/mol. The highest BCUT2D eigenvalue weighted by molar-refractivity contribution is 7.11. The smallest absolute Gasteiger partial charge is 0.140 e. The van der Waals surface area contributed by atoms with E-state index in [0.717, 1.165) is 17.1 Å². The van der Waals surface area contributed by atoms with Gasteiger partial charge >= 0.3 is 0 Å². The SMILES string of the molecule is C(=C\c1ccnn1COCC(COCn1nccc1/C=C/c1cccs1)OCn1nccc1/C=C/c1cccs1)/c1cccs1. The molecule has 0 amide bonds. The molecule has 6 aromatic rings. The summed E-state index contributed by atoms with van der Waals surface area (Å²) in [4.78, 5) is 3.54. The topological polar surface area (TPSA) is 81.1 Å². The van der Waals surface area contributed by atoms with E-state index in [1.165, 1.54) is 14.6 Å². The molecule has 0 aliphatic rings. The van der Waals surface area contributed by atoms with E-state index in [1.807, 2.05) is 68.7 Å². The summed E-state index contributed by atoms with van der Waals surface area (Å²) in [6, 6.07) is 18.2. The molecule has 0 aromatic carbocycles. The van der Waals surface area contributed by atoms with E-state index in [1.54, 1.807) is 52.6 Å². The fourth-order valence-electron chi connectivity index (χ4n) is 4.30.